The molecule has 2 N–H and O–H groups in total. The summed E-state index contributed by atoms with van der Waals surface area (Å²) in [6.07, 6.45) is 3.06. The maximum Gasteiger partial charge on any atom is 0.492 e. The van der Waals surface area contributed by atoms with E-state index in [4.69, 9.17) is 9.31 Å². The Morgan fingerprint density at radius 1 is 1.25 bits per heavy atom. The van der Waals surface area contributed by atoms with Gasteiger partial charge < -0.3 is 19.5 Å². The minimum atomic E-state index is -0.597. The maximum absolute atomic E-state index is 9.54. The zero-order valence-corrected chi connectivity index (χ0v) is 12.3. The van der Waals surface area contributed by atoms with Crippen LogP contribution in [0.3, 0.4) is 0 Å². The summed E-state index contributed by atoms with van der Waals surface area (Å²) in [4.78, 5) is 4.06. The third kappa shape index (κ3) is 2.87. The molecule has 1 aliphatic rings. The van der Waals surface area contributed by atoms with Gasteiger partial charge in [-0.3, -0.25) is 4.98 Å². The van der Waals surface area contributed by atoms with Gasteiger partial charge in [0.2, 0.25) is 0 Å². The highest BCUT2D eigenvalue weighted by molar-refractivity contribution is 6.55. The summed E-state index contributed by atoms with van der Waals surface area (Å²) in [6, 6.07) is 3.20. The molecule has 5 nitrogen and oxygen atoms in total. The summed E-state index contributed by atoms with van der Waals surface area (Å²) < 4.78 is 11.8. The Morgan fingerprint density at radius 2 is 1.85 bits per heavy atom. The molecular formula is C14H20BNO4. The Kier molecular flexibility index (Phi) is 3.91. The molecule has 0 unspecified atom stereocenters. The topological polar surface area (TPSA) is 71.8 Å². The molecule has 2 heterocycles. The molecule has 1 aromatic rings. The molecule has 0 aromatic carbocycles. The number of aliphatic hydroxyl groups is 1. The molecule has 1 aliphatic heterocycles. The van der Waals surface area contributed by atoms with Crippen LogP contribution in [0, 0.1) is 0 Å². The molecule has 0 aliphatic carbocycles. The SMILES string of the molecule is CC1(C)OB(C(=Cc2ccc(O)cn2)CO)OC1(C)C. The lowest BCUT2D eigenvalue weighted by molar-refractivity contribution is 0.00578. The fraction of sp³-hybridized carbons (Fsp3) is 0.500. The highest BCUT2D eigenvalue weighted by atomic mass is 16.7. The second-order valence-electron chi connectivity index (χ2n) is 5.91. The van der Waals surface area contributed by atoms with Crippen LogP contribution in [0.25, 0.3) is 6.08 Å². The number of rotatable bonds is 3. The number of hydrogen-bond acceptors (Lipinski definition) is 5. The van der Waals surface area contributed by atoms with Crippen LogP contribution in [0.5, 0.6) is 5.75 Å². The largest absolute Gasteiger partial charge is 0.506 e. The molecule has 20 heavy (non-hydrogen) atoms. The van der Waals surface area contributed by atoms with Crippen LogP contribution in [-0.4, -0.2) is 40.1 Å². The van der Waals surface area contributed by atoms with Gasteiger partial charge in [-0.25, -0.2) is 0 Å². The fourth-order valence-corrected chi connectivity index (χ4v) is 1.86. The van der Waals surface area contributed by atoms with Crippen molar-refractivity contribution in [3.63, 3.8) is 0 Å². The highest BCUT2D eigenvalue weighted by Crippen LogP contribution is 2.38. The van der Waals surface area contributed by atoms with Crippen LogP contribution in [-0.2, 0) is 9.31 Å². The number of aromatic nitrogens is 1. The van der Waals surface area contributed by atoms with Gasteiger partial charge in [0, 0.05) is 0 Å². The van der Waals surface area contributed by atoms with Crippen molar-refractivity contribution in [2.24, 2.45) is 0 Å². The second-order valence-corrected chi connectivity index (χ2v) is 5.91. The van der Waals surface area contributed by atoms with Gasteiger partial charge in [-0.1, -0.05) is 0 Å². The number of aliphatic hydroxyl groups excluding tert-OH is 1. The van der Waals surface area contributed by atoms with E-state index in [1.165, 1.54) is 12.3 Å². The number of hydrogen-bond donors (Lipinski definition) is 2. The van der Waals surface area contributed by atoms with E-state index in [2.05, 4.69) is 4.98 Å². The van der Waals surface area contributed by atoms with E-state index < -0.39 is 18.3 Å². The third-order valence-corrected chi connectivity index (χ3v) is 3.84. The fourth-order valence-electron chi connectivity index (χ4n) is 1.86. The van der Waals surface area contributed by atoms with Crippen molar-refractivity contribution in [1.82, 2.24) is 4.98 Å². The van der Waals surface area contributed by atoms with Gasteiger partial charge >= 0.3 is 7.12 Å². The van der Waals surface area contributed by atoms with Gasteiger partial charge in [0.05, 0.1) is 29.7 Å². The Bertz CT molecular complexity index is 494. The van der Waals surface area contributed by atoms with E-state index in [1.807, 2.05) is 27.7 Å². The third-order valence-electron chi connectivity index (χ3n) is 3.84. The number of nitrogens with zero attached hydrogens (tertiary/aromatic N) is 1. The zero-order chi connectivity index (χ0) is 15.0. The van der Waals surface area contributed by atoms with Gasteiger partial charge in [0.25, 0.3) is 0 Å². The lowest BCUT2D eigenvalue weighted by Gasteiger charge is -2.32. The Morgan fingerprint density at radius 3 is 2.30 bits per heavy atom. The van der Waals surface area contributed by atoms with Gasteiger partial charge in [0.1, 0.15) is 5.75 Å². The van der Waals surface area contributed by atoms with Crippen LogP contribution < -0.4 is 0 Å². The average Bonchev–Trinajstić information content (AvgIpc) is 2.57. The molecule has 0 bridgehead atoms. The molecule has 1 fully saturated rings. The molecular weight excluding hydrogens is 257 g/mol. The zero-order valence-electron chi connectivity index (χ0n) is 12.3. The molecule has 0 spiro atoms. The standard InChI is InChI=1S/C14H20BNO4/c1-13(2)14(3,4)20-15(19-13)10(9-17)7-11-5-6-12(18)8-16-11/h5-8,17-18H,9H2,1-4H3. The van der Waals surface area contributed by atoms with Crippen LogP contribution >= 0.6 is 0 Å². The van der Waals surface area contributed by atoms with E-state index >= 15 is 0 Å². The first-order valence-electron chi connectivity index (χ1n) is 6.57. The number of aromatic hydroxyl groups is 1. The quantitative estimate of drug-likeness (QED) is 0.824. The molecule has 6 heteroatoms. The Balaban J connectivity index is 2.24. The predicted octanol–water partition coefficient (Wildman–Crippen LogP) is 1.79. The Labute approximate surface area is 119 Å². The van der Waals surface area contributed by atoms with Crippen molar-refractivity contribution in [3.05, 3.63) is 29.5 Å². The van der Waals surface area contributed by atoms with Gasteiger partial charge in [-0.15, -0.1) is 0 Å². The molecule has 0 radical (unpaired) electrons. The van der Waals surface area contributed by atoms with Gasteiger partial charge in [0.15, 0.2) is 0 Å². The number of pyridine rings is 1. The van der Waals surface area contributed by atoms with Crippen LogP contribution in [0.15, 0.2) is 23.8 Å². The first-order chi connectivity index (χ1) is 9.25. The van der Waals surface area contributed by atoms with E-state index in [-0.39, 0.29) is 12.4 Å². The van der Waals surface area contributed by atoms with E-state index in [1.54, 1.807) is 12.1 Å². The lowest BCUT2D eigenvalue weighted by Crippen LogP contribution is -2.41. The van der Waals surface area contributed by atoms with Crippen molar-refractivity contribution < 1.29 is 19.5 Å². The highest BCUT2D eigenvalue weighted by Gasteiger charge is 2.52. The van der Waals surface area contributed by atoms with Crippen LogP contribution in [0.1, 0.15) is 33.4 Å². The molecule has 0 amide bonds. The van der Waals surface area contributed by atoms with Crippen LogP contribution in [0.4, 0.5) is 0 Å². The summed E-state index contributed by atoms with van der Waals surface area (Å²) in [7, 11) is -0.597. The van der Waals surface area contributed by atoms with E-state index in [0.29, 0.717) is 11.2 Å². The minimum absolute atomic E-state index is 0.100. The molecule has 0 saturated carbocycles. The first kappa shape index (κ1) is 15.0. The molecule has 1 aromatic heterocycles. The average molecular weight is 277 g/mol. The van der Waals surface area contributed by atoms with E-state index in [9.17, 15) is 10.2 Å². The summed E-state index contributed by atoms with van der Waals surface area (Å²) in [5, 5.41) is 18.8. The molecule has 1 saturated heterocycles. The second kappa shape index (κ2) is 5.20. The maximum atomic E-state index is 9.54. The Hall–Kier alpha value is -1.37. The lowest BCUT2D eigenvalue weighted by atomic mass is 9.78. The van der Waals surface area contributed by atoms with E-state index in [0.717, 1.165) is 0 Å². The monoisotopic (exact) mass is 277 g/mol. The molecule has 0 atom stereocenters. The van der Waals surface area contributed by atoms with Crippen molar-refractivity contribution in [3.8, 4) is 5.75 Å². The van der Waals surface area contributed by atoms with Crippen molar-refractivity contribution in [2.45, 2.75) is 38.9 Å². The first-order valence-corrected chi connectivity index (χ1v) is 6.57. The normalized spacial score (nSPS) is 21.2. The summed E-state index contributed by atoms with van der Waals surface area (Å²) >= 11 is 0. The van der Waals surface area contributed by atoms with Gasteiger partial charge in [-0.05, 0) is 51.4 Å². The van der Waals surface area contributed by atoms with Crippen molar-refractivity contribution in [1.29, 1.82) is 0 Å². The minimum Gasteiger partial charge on any atom is -0.506 e. The predicted molar refractivity (Wildman–Crippen MR) is 77.0 cm³/mol. The van der Waals surface area contributed by atoms with Crippen molar-refractivity contribution >= 4 is 13.2 Å². The van der Waals surface area contributed by atoms with Crippen molar-refractivity contribution in [2.75, 3.05) is 6.61 Å². The summed E-state index contributed by atoms with van der Waals surface area (Å²) in [5.41, 5.74) is 0.325. The smallest absolute Gasteiger partial charge is 0.492 e. The van der Waals surface area contributed by atoms with Gasteiger partial charge in [-0.2, -0.15) is 0 Å². The van der Waals surface area contributed by atoms with Crippen LogP contribution in [0.2, 0.25) is 0 Å². The molecule has 108 valence electrons. The molecule has 2 rings (SSSR count). The summed E-state index contributed by atoms with van der Waals surface area (Å²) in [6.45, 7) is 7.66. The summed E-state index contributed by atoms with van der Waals surface area (Å²) in [5.74, 6) is 0.100.